The summed E-state index contributed by atoms with van der Waals surface area (Å²) in [6, 6.07) is 16.8. The summed E-state index contributed by atoms with van der Waals surface area (Å²) in [5.74, 6) is 1.73. The van der Waals surface area contributed by atoms with Gasteiger partial charge in [-0.25, -0.2) is 0 Å². The van der Waals surface area contributed by atoms with Crippen molar-refractivity contribution in [2.45, 2.75) is 18.6 Å². The summed E-state index contributed by atoms with van der Waals surface area (Å²) < 4.78 is 11.4. The summed E-state index contributed by atoms with van der Waals surface area (Å²) in [6.45, 7) is 0. The Bertz CT molecular complexity index is 607. The minimum absolute atomic E-state index is 0.113. The number of ether oxygens (including phenoxy) is 2. The van der Waals surface area contributed by atoms with E-state index >= 15 is 0 Å². The average molecular weight is 283 g/mol. The Morgan fingerprint density at radius 2 is 1.52 bits per heavy atom. The van der Waals surface area contributed by atoms with E-state index in [0.29, 0.717) is 6.04 Å². The lowest BCUT2D eigenvalue weighted by Crippen LogP contribution is -2.18. The first kappa shape index (κ1) is 14.0. The minimum atomic E-state index is 0.113. The highest BCUT2D eigenvalue weighted by molar-refractivity contribution is 5.38. The molecule has 1 aliphatic rings. The highest BCUT2D eigenvalue weighted by atomic mass is 16.5. The number of hydrogen-bond donors (Lipinski definition) is 0. The fourth-order valence-corrected chi connectivity index (χ4v) is 2.98. The van der Waals surface area contributed by atoms with Gasteiger partial charge in [0.1, 0.15) is 17.6 Å². The lowest BCUT2D eigenvalue weighted by molar-refractivity contribution is 0.170. The van der Waals surface area contributed by atoms with Crippen LogP contribution in [0.4, 0.5) is 0 Å². The Hall–Kier alpha value is -2.00. The zero-order valence-corrected chi connectivity index (χ0v) is 12.7. The van der Waals surface area contributed by atoms with Crippen LogP contribution in [0.15, 0.2) is 48.5 Å². The molecule has 0 aromatic heterocycles. The van der Waals surface area contributed by atoms with E-state index in [9.17, 15) is 0 Å². The van der Waals surface area contributed by atoms with Gasteiger partial charge in [-0.2, -0.15) is 0 Å². The second kappa shape index (κ2) is 5.78. The summed E-state index contributed by atoms with van der Waals surface area (Å²) in [6.07, 6.45) is 1.10. The van der Waals surface area contributed by atoms with Gasteiger partial charge in [0.05, 0.1) is 7.11 Å². The number of benzene rings is 2. The van der Waals surface area contributed by atoms with Crippen molar-refractivity contribution < 1.29 is 9.47 Å². The van der Waals surface area contributed by atoms with Gasteiger partial charge in [0.2, 0.25) is 0 Å². The fraction of sp³-hybridized carbons (Fsp3) is 0.333. The van der Waals surface area contributed by atoms with Crippen LogP contribution >= 0.6 is 0 Å². The summed E-state index contributed by atoms with van der Waals surface area (Å²) >= 11 is 0. The maximum Gasteiger partial charge on any atom is 0.126 e. The molecule has 2 atom stereocenters. The molecular weight excluding hydrogens is 262 g/mol. The van der Waals surface area contributed by atoms with Gasteiger partial charge in [0.15, 0.2) is 0 Å². The molecule has 110 valence electrons. The van der Waals surface area contributed by atoms with Crippen LogP contribution in [0.3, 0.4) is 0 Å². The Morgan fingerprint density at radius 3 is 2.14 bits per heavy atom. The van der Waals surface area contributed by atoms with Gasteiger partial charge in [-0.3, -0.25) is 0 Å². The predicted molar refractivity (Wildman–Crippen MR) is 83.9 cm³/mol. The van der Waals surface area contributed by atoms with Crippen LogP contribution in [0.1, 0.15) is 29.7 Å². The molecule has 0 bridgehead atoms. The van der Waals surface area contributed by atoms with Gasteiger partial charge in [0.25, 0.3) is 0 Å². The van der Waals surface area contributed by atoms with E-state index in [0.717, 1.165) is 17.9 Å². The summed E-state index contributed by atoms with van der Waals surface area (Å²) in [5.41, 5.74) is 2.67. The fourth-order valence-electron chi connectivity index (χ4n) is 2.98. The molecule has 0 saturated heterocycles. The van der Waals surface area contributed by atoms with E-state index in [2.05, 4.69) is 43.3 Å². The molecule has 2 aromatic carbocycles. The highest BCUT2D eigenvalue weighted by Gasteiger charge is 2.33. The quantitative estimate of drug-likeness (QED) is 0.851. The number of fused-ring (bicyclic) bond motifs is 1. The monoisotopic (exact) mass is 283 g/mol. The Morgan fingerprint density at radius 1 is 0.905 bits per heavy atom. The van der Waals surface area contributed by atoms with E-state index in [4.69, 9.17) is 9.47 Å². The van der Waals surface area contributed by atoms with Gasteiger partial charge in [-0.1, -0.05) is 24.3 Å². The van der Waals surface area contributed by atoms with Crippen molar-refractivity contribution >= 4 is 0 Å². The average Bonchev–Trinajstić information content (AvgIpc) is 2.87. The highest BCUT2D eigenvalue weighted by Crippen LogP contribution is 2.43. The lowest BCUT2D eigenvalue weighted by Gasteiger charge is -2.20. The molecule has 0 fully saturated rings. The first-order valence-corrected chi connectivity index (χ1v) is 7.25. The third-order valence-electron chi connectivity index (χ3n) is 4.10. The molecule has 0 radical (unpaired) electrons. The van der Waals surface area contributed by atoms with E-state index in [1.807, 2.05) is 24.3 Å². The van der Waals surface area contributed by atoms with Crippen LogP contribution in [0.25, 0.3) is 0 Å². The maximum absolute atomic E-state index is 6.20. The van der Waals surface area contributed by atoms with Crippen LogP contribution in [0, 0.1) is 0 Å². The molecule has 1 aliphatic carbocycles. The van der Waals surface area contributed by atoms with Crippen molar-refractivity contribution in [3.8, 4) is 11.5 Å². The van der Waals surface area contributed by atoms with Crippen LogP contribution < -0.4 is 9.47 Å². The first-order valence-electron chi connectivity index (χ1n) is 7.25. The molecule has 0 N–H and O–H groups in total. The van der Waals surface area contributed by atoms with Crippen molar-refractivity contribution in [2.75, 3.05) is 21.2 Å². The van der Waals surface area contributed by atoms with E-state index in [1.165, 1.54) is 11.1 Å². The topological polar surface area (TPSA) is 21.7 Å². The zero-order valence-electron chi connectivity index (χ0n) is 12.7. The molecule has 3 rings (SSSR count). The first-order chi connectivity index (χ1) is 10.2. The Kier molecular flexibility index (Phi) is 3.84. The van der Waals surface area contributed by atoms with Gasteiger partial charge < -0.3 is 14.4 Å². The van der Waals surface area contributed by atoms with E-state index < -0.39 is 0 Å². The predicted octanol–water partition coefficient (Wildman–Crippen LogP) is 3.82. The van der Waals surface area contributed by atoms with E-state index in [-0.39, 0.29) is 6.10 Å². The summed E-state index contributed by atoms with van der Waals surface area (Å²) in [4.78, 5) is 2.26. The third kappa shape index (κ3) is 2.74. The third-order valence-corrected chi connectivity index (χ3v) is 4.10. The molecule has 0 aliphatic heterocycles. The molecule has 0 heterocycles. The van der Waals surface area contributed by atoms with E-state index in [1.54, 1.807) is 7.11 Å². The van der Waals surface area contributed by atoms with Crippen molar-refractivity contribution in [1.82, 2.24) is 4.90 Å². The molecule has 3 nitrogen and oxygen atoms in total. The number of rotatable bonds is 4. The van der Waals surface area contributed by atoms with Crippen LogP contribution in [-0.2, 0) is 0 Å². The lowest BCUT2D eigenvalue weighted by atomic mass is 10.1. The van der Waals surface area contributed by atoms with Gasteiger partial charge in [-0.05, 0) is 49.5 Å². The minimum Gasteiger partial charge on any atom is -0.497 e. The van der Waals surface area contributed by atoms with Crippen LogP contribution in [0.2, 0.25) is 0 Å². The maximum atomic E-state index is 6.20. The summed E-state index contributed by atoms with van der Waals surface area (Å²) in [5, 5.41) is 0. The van der Waals surface area contributed by atoms with Crippen LogP contribution in [0.5, 0.6) is 11.5 Å². The molecule has 0 amide bonds. The van der Waals surface area contributed by atoms with Gasteiger partial charge >= 0.3 is 0 Å². The Labute approximate surface area is 126 Å². The normalized spacial score (nSPS) is 20.4. The second-order valence-corrected chi connectivity index (χ2v) is 5.63. The molecule has 0 spiro atoms. The zero-order chi connectivity index (χ0) is 14.8. The second-order valence-electron chi connectivity index (χ2n) is 5.63. The Balaban J connectivity index is 1.83. The molecule has 21 heavy (non-hydrogen) atoms. The standard InChI is InChI=1S/C18H21NO2/c1-19(2)17-12-18(16-7-5-4-6-15(16)17)21-14-10-8-13(20-3)9-11-14/h4-11,17-18H,12H2,1-3H3/t17-,18+/m1/s1. The number of methoxy groups -OCH3 is 1. The summed E-state index contributed by atoms with van der Waals surface area (Å²) in [7, 11) is 5.92. The number of hydrogen-bond acceptors (Lipinski definition) is 3. The van der Waals surface area contributed by atoms with Crippen molar-refractivity contribution in [3.63, 3.8) is 0 Å². The van der Waals surface area contributed by atoms with Crippen LogP contribution in [-0.4, -0.2) is 26.1 Å². The smallest absolute Gasteiger partial charge is 0.126 e. The largest absolute Gasteiger partial charge is 0.497 e. The van der Waals surface area contributed by atoms with Crippen molar-refractivity contribution in [1.29, 1.82) is 0 Å². The van der Waals surface area contributed by atoms with Gasteiger partial charge in [-0.15, -0.1) is 0 Å². The van der Waals surface area contributed by atoms with Crippen molar-refractivity contribution in [2.24, 2.45) is 0 Å². The molecule has 0 unspecified atom stereocenters. The molecule has 0 saturated carbocycles. The van der Waals surface area contributed by atoms with Gasteiger partial charge in [0, 0.05) is 12.5 Å². The SMILES string of the molecule is COc1ccc(O[C@H]2C[C@@H](N(C)C)c3ccccc32)cc1. The molecular formula is C18H21NO2. The molecule has 3 heteroatoms. The molecule has 2 aromatic rings. The van der Waals surface area contributed by atoms with Crippen molar-refractivity contribution in [3.05, 3.63) is 59.7 Å². The number of nitrogens with zero attached hydrogens (tertiary/aromatic N) is 1.